The van der Waals surface area contributed by atoms with E-state index in [9.17, 15) is 8.78 Å². The molecular formula is C15H25BClF2NO2. The molecule has 3 rings (SSSR count). The van der Waals surface area contributed by atoms with Crippen LogP contribution in [-0.4, -0.2) is 48.3 Å². The smallest absolute Gasteiger partial charge is 0.400 e. The lowest BCUT2D eigenvalue weighted by molar-refractivity contribution is -0.122. The summed E-state index contributed by atoms with van der Waals surface area (Å²) in [6, 6.07) is 0.0381. The van der Waals surface area contributed by atoms with E-state index in [0.717, 1.165) is 25.0 Å². The van der Waals surface area contributed by atoms with Gasteiger partial charge in [0.25, 0.3) is 5.92 Å². The summed E-state index contributed by atoms with van der Waals surface area (Å²) in [7, 11) is -0.292. The lowest BCUT2D eigenvalue weighted by Crippen LogP contribution is -2.52. The number of halogens is 3. The molecule has 0 bridgehead atoms. The van der Waals surface area contributed by atoms with E-state index in [1.54, 1.807) is 0 Å². The van der Waals surface area contributed by atoms with Crippen LogP contribution in [0.15, 0.2) is 11.5 Å². The van der Waals surface area contributed by atoms with Crippen molar-refractivity contribution in [2.75, 3.05) is 13.1 Å². The first-order chi connectivity index (χ1) is 9.60. The average molecular weight is 336 g/mol. The third kappa shape index (κ3) is 3.21. The SMILES string of the molecule is CC1(C)OB(C2=CCN(C3CC(F)(F)C3)CC2)OC1(C)C.Cl. The van der Waals surface area contributed by atoms with E-state index in [-0.39, 0.29) is 49.6 Å². The van der Waals surface area contributed by atoms with Crippen molar-refractivity contribution < 1.29 is 18.1 Å². The van der Waals surface area contributed by atoms with E-state index in [0.29, 0.717) is 0 Å². The van der Waals surface area contributed by atoms with Gasteiger partial charge < -0.3 is 9.31 Å². The second kappa shape index (κ2) is 5.73. The van der Waals surface area contributed by atoms with Gasteiger partial charge in [-0.05, 0) is 39.6 Å². The summed E-state index contributed by atoms with van der Waals surface area (Å²) in [5.74, 6) is -2.44. The Morgan fingerprint density at radius 2 is 1.68 bits per heavy atom. The second-order valence-corrected chi connectivity index (χ2v) is 7.53. The molecule has 0 radical (unpaired) electrons. The Hall–Kier alpha value is -0.165. The maximum Gasteiger partial charge on any atom is 0.490 e. The molecule has 0 amide bonds. The highest BCUT2D eigenvalue weighted by atomic mass is 35.5. The first-order valence-corrected chi connectivity index (χ1v) is 7.76. The maximum atomic E-state index is 13.0. The highest BCUT2D eigenvalue weighted by Crippen LogP contribution is 2.42. The quantitative estimate of drug-likeness (QED) is 0.721. The molecule has 0 aromatic carbocycles. The molecule has 3 nitrogen and oxygen atoms in total. The molecule has 2 heterocycles. The third-order valence-electron chi connectivity index (χ3n) is 5.42. The van der Waals surface area contributed by atoms with Crippen molar-refractivity contribution in [3.05, 3.63) is 11.5 Å². The van der Waals surface area contributed by atoms with Crippen LogP contribution in [0.2, 0.25) is 0 Å². The van der Waals surface area contributed by atoms with E-state index in [2.05, 4.69) is 11.0 Å². The van der Waals surface area contributed by atoms with E-state index < -0.39 is 5.92 Å². The van der Waals surface area contributed by atoms with Gasteiger partial charge in [-0.25, -0.2) is 8.78 Å². The standard InChI is InChI=1S/C15H24BF2NO2.ClH/c1-13(2)14(3,4)21-16(20-13)11-5-7-19(8-6-11)12-9-15(17,18)10-12;/h5,12H,6-10H2,1-4H3;1H. The van der Waals surface area contributed by atoms with E-state index in [1.807, 2.05) is 27.7 Å². The number of nitrogens with zero attached hydrogens (tertiary/aromatic N) is 1. The van der Waals surface area contributed by atoms with E-state index in [4.69, 9.17) is 9.31 Å². The minimum Gasteiger partial charge on any atom is -0.400 e. The van der Waals surface area contributed by atoms with Gasteiger partial charge in [-0.1, -0.05) is 6.08 Å². The van der Waals surface area contributed by atoms with Crippen LogP contribution < -0.4 is 0 Å². The minimum atomic E-state index is -2.44. The molecule has 7 heteroatoms. The molecule has 0 N–H and O–H groups in total. The molecule has 0 spiro atoms. The van der Waals surface area contributed by atoms with Crippen molar-refractivity contribution in [1.29, 1.82) is 0 Å². The molecule has 1 aliphatic carbocycles. The molecular weight excluding hydrogens is 310 g/mol. The Kier molecular flexibility index (Phi) is 4.73. The fraction of sp³-hybridized carbons (Fsp3) is 0.867. The van der Waals surface area contributed by atoms with Crippen molar-refractivity contribution in [1.82, 2.24) is 4.90 Å². The van der Waals surface area contributed by atoms with Crippen molar-refractivity contribution in [3.63, 3.8) is 0 Å². The van der Waals surface area contributed by atoms with Crippen molar-refractivity contribution >= 4 is 19.5 Å². The van der Waals surface area contributed by atoms with Gasteiger partial charge in [0.05, 0.1) is 11.2 Å². The van der Waals surface area contributed by atoms with Crippen LogP contribution in [0.3, 0.4) is 0 Å². The highest BCUT2D eigenvalue weighted by molar-refractivity contribution is 6.54. The summed E-state index contributed by atoms with van der Waals surface area (Å²) in [4.78, 5) is 2.14. The zero-order valence-corrected chi connectivity index (χ0v) is 14.5. The Balaban J connectivity index is 0.00000176. The Bertz CT molecular complexity index is 446. The number of hydrogen-bond acceptors (Lipinski definition) is 3. The lowest BCUT2D eigenvalue weighted by atomic mass is 9.74. The molecule has 0 unspecified atom stereocenters. The van der Waals surface area contributed by atoms with E-state index >= 15 is 0 Å². The van der Waals surface area contributed by atoms with Gasteiger partial charge in [0, 0.05) is 32.0 Å². The van der Waals surface area contributed by atoms with Crippen molar-refractivity contribution in [2.24, 2.45) is 0 Å². The Morgan fingerprint density at radius 1 is 1.14 bits per heavy atom. The summed E-state index contributed by atoms with van der Waals surface area (Å²) in [5.41, 5.74) is 0.494. The fourth-order valence-corrected chi connectivity index (χ4v) is 3.13. The van der Waals surface area contributed by atoms with Crippen LogP contribution in [0.1, 0.15) is 47.0 Å². The van der Waals surface area contributed by atoms with Gasteiger partial charge in [-0.2, -0.15) is 0 Å². The molecule has 1 saturated carbocycles. The molecule has 126 valence electrons. The normalized spacial score (nSPS) is 30.5. The lowest BCUT2D eigenvalue weighted by Gasteiger charge is -2.43. The Morgan fingerprint density at radius 3 is 2.09 bits per heavy atom. The molecule has 0 aromatic rings. The van der Waals surface area contributed by atoms with Gasteiger partial charge in [0.1, 0.15) is 0 Å². The van der Waals surface area contributed by atoms with Gasteiger partial charge in [-0.3, -0.25) is 4.90 Å². The molecule has 0 atom stereocenters. The van der Waals surface area contributed by atoms with Crippen LogP contribution in [0.25, 0.3) is 0 Å². The number of rotatable bonds is 2. The molecule has 0 aromatic heterocycles. The fourth-order valence-electron chi connectivity index (χ4n) is 3.13. The molecule has 3 aliphatic rings. The van der Waals surface area contributed by atoms with Gasteiger partial charge in [0.2, 0.25) is 0 Å². The monoisotopic (exact) mass is 335 g/mol. The first-order valence-electron chi connectivity index (χ1n) is 7.76. The van der Waals surface area contributed by atoms with Crippen molar-refractivity contribution in [2.45, 2.75) is 70.1 Å². The minimum absolute atomic E-state index is 0. The number of hydrogen-bond donors (Lipinski definition) is 0. The predicted octanol–water partition coefficient (Wildman–Crippen LogP) is 3.47. The second-order valence-electron chi connectivity index (χ2n) is 7.53. The van der Waals surface area contributed by atoms with Crippen LogP contribution in [0, 0.1) is 0 Å². The maximum absolute atomic E-state index is 13.0. The van der Waals surface area contributed by atoms with Gasteiger partial charge >= 0.3 is 7.12 Å². The van der Waals surface area contributed by atoms with Gasteiger partial charge in [0.15, 0.2) is 0 Å². The summed E-state index contributed by atoms with van der Waals surface area (Å²) in [6.07, 6.45) is 2.94. The average Bonchev–Trinajstić information content (AvgIpc) is 2.56. The molecule has 2 fully saturated rings. The van der Waals surface area contributed by atoms with E-state index in [1.165, 1.54) is 0 Å². The molecule has 1 saturated heterocycles. The molecule has 22 heavy (non-hydrogen) atoms. The van der Waals surface area contributed by atoms with Gasteiger partial charge in [-0.15, -0.1) is 12.4 Å². The zero-order valence-electron chi connectivity index (χ0n) is 13.7. The summed E-state index contributed by atoms with van der Waals surface area (Å²) >= 11 is 0. The van der Waals surface area contributed by atoms with Crippen LogP contribution in [0.4, 0.5) is 8.78 Å². The summed E-state index contributed by atoms with van der Waals surface area (Å²) < 4.78 is 38.0. The van der Waals surface area contributed by atoms with Crippen molar-refractivity contribution in [3.8, 4) is 0 Å². The third-order valence-corrected chi connectivity index (χ3v) is 5.42. The highest BCUT2D eigenvalue weighted by Gasteiger charge is 2.53. The largest absolute Gasteiger partial charge is 0.490 e. The topological polar surface area (TPSA) is 21.7 Å². The van der Waals surface area contributed by atoms with Crippen LogP contribution >= 0.6 is 12.4 Å². The predicted molar refractivity (Wildman–Crippen MR) is 85.6 cm³/mol. The van der Waals surface area contributed by atoms with Crippen LogP contribution in [-0.2, 0) is 9.31 Å². The first kappa shape index (κ1) is 18.2. The zero-order chi connectivity index (χ0) is 15.5. The summed E-state index contributed by atoms with van der Waals surface area (Å²) in [5, 5.41) is 0. The van der Waals surface area contributed by atoms with Crippen LogP contribution in [0.5, 0.6) is 0 Å². The Labute approximate surface area is 138 Å². The number of alkyl halides is 2. The summed E-state index contributed by atoms with van der Waals surface area (Å²) in [6.45, 7) is 9.70. The molecule has 2 aliphatic heterocycles.